The Bertz CT molecular complexity index is 543. The molecule has 0 atom stereocenters. The fraction of sp³-hybridized carbons (Fsp3) is 0.214. The van der Waals surface area contributed by atoms with E-state index in [1.807, 2.05) is 36.5 Å². The molecule has 0 aliphatic heterocycles. The second-order valence-electron chi connectivity index (χ2n) is 3.90. The summed E-state index contributed by atoms with van der Waals surface area (Å²) in [7, 11) is 1.67. The lowest BCUT2D eigenvalue weighted by Crippen LogP contribution is -2.02. The molecule has 0 spiro atoms. The number of aromatic nitrogens is 1. The molecule has 2 N–H and O–H groups in total. The van der Waals surface area contributed by atoms with E-state index in [4.69, 9.17) is 10.5 Å². The van der Waals surface area contributed by atoms with Crippen LogP contribution in [0.15, 0.2) is 46.5 Å². The van der Waals surface area contributed by atoms with Crippen LogP contribution in [0.5, 0.6) is 5.75 Å². The van der Waals surface area contributed by atoms with Crippen LogP contribution in [0.4, 0.5) is 0 Å². The normalized spacial score (nSPS) is 10.4. The Balaban J connectivity index is 2.30. The predicted octanol–water partition coefficient (Wildman–Crippen LogP) is 3.01. The summed E-state index contributed by atoms with van der Waals surface area (Å²) in [5.74, 6) is 0.849. The third-order valence-corrected chi connectivity index (χ3v) is 3.75. The molecule has 0 amide bonds. The molecule has 3 nitrogen and oxygen atoms in total. The Morgan fingerprint density at radius 3 is 2.89 bits per heavy atom. The van der Waals surface area contributed by atoms with E-state index in [2.05, 4.69) is 11.9 Å². The van der Waals surface area contributed by atoms with Crippen molar-refractivity contribution < 1.29 is 4.74 Å². The first-order valence-corrected chi connectivity index (χ1v) is 6.52. The molecule has 4 heteroatoms. The van der Waals surface area contributed by atoms with Gasteiger partial charge in [0.15, 0.2) is 0 Å². The SMILES string of the molecule is COc1cccc(Sc2nccc(C)c2CN)c1. The van der Waals surface area contributed by atoms with E-state index >= 15 is 0 Å². The molecule has 0 aliphatic carbocycles. The van der Waals surface area contributed by atoms with E-state index in [1.165, 1.54) is 5.56 Å². The van der Waals surface area contributed by atoms with Crippen LogP contribution in [0.25, 0.3) is 0 Å². The highest BCUT2D eigenvalue weighted by molar-refractivity contribution is 7.99. The summed E-state index contributed by atoms with van der Waals surface area (Å²) < 4.78 is 5.21. The largest absolute Gasteiger partial charge is 0.497 e. The van der Waals surface area contributed by atoms with Gasteiger partial charge in [0.05, 0.1) is 7.11 Å². The Morgan fingerprint density at radius 2 is 2.17 bits per heavy atom. The molecule has 0 saturated heterocycles. The highest BCUT2D eigenvalue weighted by Crippen LogP contribution is 2.31. The number of benzene rings is 1. The highest BCUT2D eigenvalue weighted by Gasteiger charge is 2.07. The van der Waals surface area contributed by atoms with Crippen molar-refractivity contribution in [2.45, 2.75) is 23.4 Å². The number of methoxy groups -OCH3 is 1. The average molecular weight is 260 g/mol. The summed E-state index contributed by atoms with van der Waals surface area (Å²) >= 11 is 1.61. The number of pyridine rings is 1. The lowest BCUT2D eigenvalue weighted by Gasteiger charge is -2.09. The molecule has 1 aromatic carbocycles. The Morgan fingerprint density at radius 1 is 1.33 bits per heavy atom. The molecule has 0 fully saturated rings. The minimum absolute atomic E-state index is 0.506. The van der Waals surface area contributed by atoms with Crippen molar-refractivity contribution in [2.75, 3.05) is 7.11 Å². The van der Waals surface area contributed by atoms with E-state index in [0.717, 1.165) is 21.2 Å². The summed E-state index contributed by atoms with van der Waals surface area (Å²) in [5.41, 5.74) is 8.06. The van der Waals surface area contributed by atoms with Crippen LogP contribution in [0, 0.1) is 6.92 Å². The van der Waals surface area contributed by atoms with Gasteiger partial charge in [0.25, 0.3) is 0 Å². The van der Waals surface area contributed by atoms with Gasteiger partial charge in [-0.05, 0) is 36.8 Å². The van der Waals surface area contributed by atoms with E-state index in [1.54, 1.807) is 18.9 Å². The monoisotopic (exact) mass is 260 g/mol. The third kappa shape index (κ3) is 2.83. The zero-order chi connectivity index (χ0) is 13.0. The molecule has 94 valence electrons. The summed E-state index contributed by atoms with van der Waals surface area (Å²) in [4.78, 5) is 5.50. The zero-order valence-corrected chi connectivity index (χ0v) is 11.3. The van der Waals surface area contributed by atoms with Gasteiger partial charge in [-0.25, -0.2) is 4.98 Å². The quantitative estimate of drug-likeness (QED) is 0.918. The second kappa shape index (κ2) is 5.89. The minimum atomic E-state index is 0.506. The van der Waals surface area contributed by atoms with Gasteiger partial charge in [-0.15, -0.1) is 0 Å². The van der Waals surface area contributed by atoms with Crippen molar-refractivity contribution >= 4 is 11.8 Å². The summed E-state index contributed by atoms with van der Waals surface area (Å²) in [6.07, 6.45) is 1.82. The number of hydrogen-bond donors (Lipinski definition) is 1. The maximum Gasteiger partial charge on any atom is 0.119 e. The first kappa shape index (κ1) is 12.9. The summed E-state index contributed by atoms with van der Waals surface area (Å²) in [6.45, 7) is 2.56. The molecule has 0 aliphatic rings. The molecule has 0 bridgehead atoms. The molecule has 2 rings (SSSR count). The lowest BCUT2D eigenvalue weighted by atomic mass is 10.2. The predicted molar refractivity (Wildman–Crippen MR) is 74.0 cm³/mol. The van der Waals surface area contributed by atoms with E-state index in [0.29, 0.717) is 6.54 Å². The van der Waals surface area contributed by atoms with E-state index < -0.39 is 0 Å². The molecule has 0 unspecified atom stereocenters. The lowest BCUT2D eigenvalue weighted by molar-refractivity contribution is 0.413. The molecule has 18 heavy (non-hydrogen) atoms. The molecule has 1 aromatic heterocycles. The van der Waals surface area contributed by atoms with Gasteiger partial charge in [-0.1, -0.05) is 17.8 Å². The van der Waals surface area contributed by atoms with Crippen molar-refractivity contribution in [3.05, 3.63) is 47.7 Å². The number of hydrogen-bond acceptors (Lipinski definition) is 4. The first-order chi connectivity index (χ1) is 8.74. The van der Waals surface area contributed by atoms with Gasteiger partial charge < -0.3 is 10.5 Å². The second-order valence-corrected chi connectivity index (χ2v) is 4.96. The van der Waals surface area contributed by atoms with Crippen molar-refractivity contribution in [1.29, 1.82) is 0 Å². The van der Waals surface area contributed by atoms with Crippen molar-refractivity contribution in [3.8, 4) is 5.75 Å². The summed E-state index contributed by atoms with van der Waals surface area (Å²) in [5, 5.41) is 0.964. The average Bonchev–Trinajstić information content (AvgIpc) is 2.39. The van der Waals surface area contributed by atoms with Crippen LogP contribution in [0.2, 0.25) is 0 Å². The van der Waals surface area contributed by atoms with Gasteiger partial charge >= 0.3 is 0 Å². The Kier molecular flexibility index (Phi) is 4.23. The van der Waals surface area contributed by atoms with Crippen LogP contribution in [0.1, 0.15) is 11.1 Å². The third-order valence-electron chi connectivity index (χ3n) is 2.71. The smallest absolute Gasteiger partial charge is 0.119 e. The van der Waals surface area contributed by atoms with E-state index in [-0.39, 0.29) is 0 Å². The molecule has 0 radical (unpaired) electrons. The topological polar surface area (TPSA) is 48.1 Å². The van der Waals surface area contributed by atoms with Crippen LogP contribution in [0.3, 0.4) is 0 Å². The van der Waals surface area contributed by atoms with Crippen LogP contribution < -0.4 is 10.5 Å². The number of nitrogens with two attached hydrogens (primary N) is 1. The molecule has 1 heterocycles. The molecular formula is C14H16N2OS. The Hall–Kier alpha value is -1.52. The fourth-order valence-electron chi connectivity index (χ4n) is 1.68. The van der Waals surface area contributed by atoms with Crippen molar-refractivity contribution in [3.63, 3.8) is 0 Å². The first-order valence-electron chi connectivity index (χ1n) is 5.71. The summed E-state index contributed by atoms with van der Waals surface area (Å²) in [6, 6.07) is 9.92. The number of ether oxygens (including phenoxy) is 1. The maximum atomic E-state index is 5.78. The maximum absolute atomic E-state index is 5.78. The standard InChI is InChI=1S/C14H16N2OS/c1-10-6-7-16-14(13(10)9-15)18-12-5-3-4-11(8-12)17-2/h3-8H,9,15H2,1-2H3. The van der Waals surface area contributed by atoms with Gasteiger partial charge in [0, 0.05) is 23.2 Å². The van der Waals surface area contributed by atoms with E-state index in [9.17, 15) is 0 Å². The van der Waals surface area contributed by atoms with Crippen LogP contribution in [-0.2, 0) is 6.54 Å². The highest BCUT2D eigenvalue weighted by atomic mass is 32.2. The van der Waals surface area contributed by atoms with Crippen molar-refractivity contribution in [2.24, 2.45) is 5.73 Å². The van der Waals surface area contributed by atoms with Crippen molar-refractivity contribution in [1.82, 2.24) is 4.98 Å². The number of nitrogens with zero attached hydrogens (tertiary/aromatic N) is 1. The van der Waals surface area contributed by atoms with Gasteiger partial charge in [-0.2, -0.15) is 0 Å². The zero-order valence-electron chi connectivity index (χ0n) is 10.5. The van der Waals surface area contributed by atoms with Crippen LogP contribution in [-0.4, -0.2) is 12.1 Å². The minimum Gasteiger partial charge on any atom is -0.497 e. The molecular weight excluding hydrogens is 244 g/mol. The molecule has 0 saturated carbocycles. The van der Waals surface area contributed by atoms with Gasteiger partial charge in [0.2, 0.25) is 0 Å². The Labute approximate surface area is 111 Å². The van der Waals surface area contributed by atoms with Gasteiger partial charge in [-0.3, -0.25) is 0 Å². The van der Waals surface area contributed by atoms with Crippen LogP contribution >= 0.6 is 11.8 Å². The number of rotatable bonds is 4. The number of aryl methyl sites for hydroxylation is 1. The fourth-order valence-corrected chi connectivity index (χ4v) is 2.70. The van der Waals surface area contributed by atoms with Gasteiger partial charge in [0.1, 0.15) is 10.8 Å². The molecule has 2 aromatic rings.